The molecule has 1 aromatic heterocycles. The number of para-hydroxylation sites is 2. The molecule has 8 heteroatoms. The molecule has 3 rings (SSSR count). The topological polar surface area (TPSA) is 83.7 Å². The van der Waals surface area contributed by atoms with Gasteiger partial charge in [0.1, 0.15) is 5.69 Å². The summed E-state index contributed by atoms with van der Waals surface area (Å²) < 4.78 is 1.61. The lowest BCUT2D eigenvalue weighted by atomic mass is 10.00. The van der Waals surface area contributed by atoms with Crippen molar-refractivity contribution >= 4 is 34.4 Å². The predicted octanol–water partition coefficient (Wildman–Crippen LogP) is 5.55. The van der Waals surface area contributed by atoms with Gasteiger partial charge in [0.2, 0.25) is 0 Å². The van der Waals surface area contributed by atoms with Gasteiger partial charge >= 0.3 is 0 Å². The Morgan fingerprint density at radius 1 is 1.25 bits per heavy atom. The number of benzene rings is 2. The van der Waals surface area contributed by atoms with Crippen molar-refractivity contribution < 1.29 is 0 Å². The third-order valence-electron chi connectivity index (χ3n) is 4.54. The number of hydrogen-bond acceptors (Lipinski definition) is 4. The van der Waals surface area contributed by atoms with Crippen molar-refractivity contribution in [2.75, 3.05) is 12.3 Å². The fraction of sp³-hybridized carbons (Fsp3) is 0.300. The quantitative estimate of drug-likeness (QED) is 0.159. The van der Waals surface area contributed by atoms with E-state index in [-0.39, 0.29) is 18.0 Å². The van der Waals surface area contributed by atoms with Crippen molar-refractivity contribution in [3.8, 4) is 0 Å². The molecule has 28 heavy (non-hydrogen) atoms. The van der Waals surface area contributed by atoms with Crippen molar-refractivity contribution in [3.05, 3.63) is 80.0 Å². The van der Waals surface area contributed by atoms with Gasteiger partial charge in [-0.2, -0.15) is 0 Å². The Balaban J connectivity index is 1.75. The number of thioether (sulfide) groups is 1. The van der Waals surface area contributed by atoms with E-state index in [1.807, 2.05) is 48.5 Å². The monoisotopic (exact) mass is 413 g/mol. The van der Waals surface area contributed by atoms with Gasteiger partial charge in [0.05, 0.1) is 11.0 Å². The van der Waals surface area contributed by atoms with E-state index in [2.05, 4.69) is 15.0 Å². The molecule has 0 saturated heterocycles. The zero-order valence-corrected chi connectivity index (χ0v) is 17.0. The first-order chi connectivity index (χ1) is 13.6. The molecule has 0 bridgehead atoms. The molecule has 1 atom stereocenters. The third-order valence-corrected chi connectivity index (χ3v) is 5.89. The Morgan fingerprint density at radius 2 is 2.00 bits per heavy atom. The van der Waals surface area contributed by atoms with Gasteiger partial charge in [-0.1, -0.05) is 28.8 Å². The summed E-state index contributed by atoms with van der Waals surface area (Å²) in [5.74, 6) is 0.687. The second-order valence-electron chi connectivity index (χ2n) is 6.40. The van der Waals surface area contributed by atoms with Crippen LogP contribution < -0.4 is 5.56 Å². The van der Waals surface area contributed by atoms with Crippen LogP contribution in [0, 0.1) is 0 Å². The number of azide groups is 1. The molecule has 1 heterocycles. The van der Waals surface area contributed by atoms with Gasteiger partial charge in [-0.3, -0.25) is 4.79 Å². The van der Waals surface area contributed by atoms with E-state index in [4.69, 9.17) is 17.1 Å². The molecular formula is C20H20ClN5OS. The maximum Gasteiger partial charge on any atom is 0.272 e. The molecule has 0 aliphatic rings. The van der Waals surface area contributed by atoms with Crippen molar-refractivity contribution in [1.82, 2.24) is 9.55 Å². The van der Waals surface area contributed by atoms with E-state index in [0.717, 1.165) is 39.5 Å². The van der Waals surface area contributed by atoms with E-state index in [1.54, 1.807) is 23.4 Å². The number of aromatic nitrogens is 2. The largest absolute Gasteiger partial charge is 0.308 e. The molecule has 0 unspecified atom stereocenters. The maximum atomic E-state index is 12.8. The standard InChI is InChI=1S/C20H20ClN5OS/c1-26-18-7-3-2-6-17(18)24-19(20(26)27)14(13-23-25-22)5-4-12-28-16-10-8-15(21)9-11-16/h2-3,6-11,14H,4-5,12-13H2,1H3/t14-/m1/s1. The number of halogens is 1. The molecule has 2 aromatic carbocycles. The van der Waals surface area contributed by atoms with Gasteiger partial charge < -0.3 is 4.57 Å². The average Bonchev–Trinajstić information content (AvgIpc) is 2.72. The molecule has 0 saturated carbocycles. The Kier molecular flexibility index (Phi) is 6.98. The minimum Gasteiger partial charge on any atom is -0.308 e. The lowest BCUT2D eigenvalue weighted by molar-refractivity contribution is 0.597. The van der Waals surface area contributed by atoms with Gasteiger partial charge in [-0.05, 0) is 60.5 Å². The predicted molar refractivity (Wildman–Crippen MR) is 115 cm³/mol. The van der Waals surface area contributed by atoms with Crippen LogP contribution in [0.3, 0.4) is 0 Å². The van der Waals surface area contributed by atoms with Crippen molar-refractivity contribution in [3.63, 3.8) is 0 Å². The maximum absolute atomic E-state index is 12.8. The number of rotatable bonds is 8. The van der Waals surface area contributed by atoms with Crippen LogP contribution in [0.1, 0.15) is 24.5 Å². The first-order valence-electron chi connectivity index (χ1n) is 8.95. The summed E-state index contributed by atoms with van der Waals surface area (Å²) in [4.78, 5) is 21.4. The van der Waals surface area contributed by atoms with Gasteiger partial charge in [0, 0.05) is 34.3 Å². The molecule has 144 valence electrons. The molecule has 0 aliphatic heterocycles. The highest BCUT2D eigenvalue weighted by Gasteiger charge is 2.18. The second-order valence-corrected chi connectivity index (χ2v) is 8.01. The molecule has 0 fully saturated rings. The highest BCUT2D eigenvalue weighted by Crippen LogP contribution is 2.25. The smallest absolute Gasteiger partial charge is 0.272 e. The molecule has 0 spiro atoms. The summed E-state index contributed by atoms with van der Waals surface area (Å²) in [6, 6.07) is 15.3. The molecular weight excluding hydrogens is 394 g/mol. The van der Waals surface area contributed by atoms with Gasteiger partial charge in [-0.15, -0.1) is 11.8 Å². The first kappa shape index (κ1) is 20.3. The zero-order valence-electron chi connectivity index (χ0n) is 15.5. The van der Waals surface area contributed by atoms with E-state index < -0.39 is 0 Å². The number of hydrogen-bond donors (Lipinski definition) is 0. The Morgan fingerprint density at radius 3 is 2.75 bits per heavy atom. The highest BCUT2D eigenvalue weighted by molar-refractivity contribution is 7.99. The van der Waals surface area contributed by atoms with E-state index in [1.165, 1.54) is 0 Å². The summed E-state index contributed by atoms with van der Waals surface area (Å²) in [5.41, 5.74) is 10.6. The zero-order chi connectivity index (χ0) is 19.9. The SMILES string of the molecule is Cn1c(=O)c([C@H](CCCSc2ccc(Cl)cc2)CN=[N+]=[N-])nc2ccccc21. The minimum atomic E-state index is -0.204. The Bertz CT molecular complexity index is 1060. The molecule has 3 aromatic rings. The number of nitrogens with zero attached hydrogens (tertiary/aromatic N) is 5. The summed E-state index contributed by atoms with van der Waals surface area (Å²) in [5, 5.41) is 4.44. The van der Waals surface area contributed by atoms with Crippen LogP contribution in [0.15, 0.2) is 63.3 Å². The van der Waals surface area contributed by atoms with Gasteiger partial charge in [0.25, 0.3) is 5.56 Å². The summed E-state index contributed by atoms with van der Waals surface area (Å²) in [7, 11) is 1.75. The fourth-order valence-corrected chi connectivity index (χ4v) is 4.07. The molecule has 0 amide bonds. The van der Waals surface area contributed by atoms with Gasteiger partial charge in [0.15, 0.2) is 0 Å². The van der Waals surface area contributed by atoms with Crippen LogP contribution in [0.5, 0.6) is 0 Å². The lowest BCUT2D eigenvalue weighted by Crippen LogP contribution is -2.26. The first-order valence-corrected chi connectivity index (χ1v) is 10.3. The Labute approximate surface area is 172 Å². The van der Waals surface area contributed by atoms with E-state index >= 15 is 0 Å². The molecule has 0 radical (unpaired) electrons. The number of aryl methyl sites for hydroxylation is 1. The normalized spacial score (nSPS) is 11.9. The van der Waals surface area contributed by atoms with Crippen molar-refractivity contribution in [1.29, 1.82) is 0 Å². The van der Waals surface area contributed by atoms with E-state index in [9.17, 15) is 4.79 Å². The summed E-state index contributed by atoms with van der Waals surface area (Å²) in [6.07, 6.45) is 1.59. The Hall–Kier alpha value is -2.47. The van der Waals surface area contributed by atoms with Gasteiger partial charge in [-0.25, -0.2) is 4.98 Å². The third kappa shape index (κ3) is 4.87. The molecule has 6 nitrogen and oxygen atoms in total. The number of fused-ring (bicyclic) bond motifs is 1. The highest BCUT2D eigenvalue weighted by atomic mass is 35.5. The van der Waals surface area contributed by atoms with Crippen LogP contribution in [0.2, 0.25) is 5.02 Å². The van der Waals surface area contributed by atoms with Crippen LogP contribution in [0.25, 0.3) is 21.5 Å². The summed E-state index contributed by atoms with van der Waals surface area (Å²) >= 11 is 7.65. The molecule has 0 aliphatic carbocycles. The van der Waals surface area contributed by atoms with Crippen molar-refractivity contribution in [2.24, 2.45) is 12.2 Å². The minimum absolute atomic E-state index is 0.137. The van der Waals surface area contributed by atoms with Crippen LogP contribution in [-0.4, -0.2) is 21.8 Å². The van der Waals surface area contributed by atoms with Crippen LogP contribution in [-0.2, 0) is 7.05 Å². The molecule has 0 N–H and O–H groups in total. The lowest BCUT2D eigenvalue weighted by Gasteiger charge is -2.15. The van der Waals surface area contributed by atoms with Crippen molar-refractivity contribution in [2.45, 2.75) is 23.7 Å². The second kappa shape index (κ2) is 9.64. The fourth-order valence-electron chi connectivity index (χ4n) is 3.07. The van der Waals surface area contributed by atoms with E-state index in [0.29, 0.717) is 5.69 Å². The average molecular weight is 414 g/mol. The summed E-state index contributed by atoms with van der Waals surface area (Å²) in [6.45, 7) is 0.225. The van der Waals surface area contributed by atoms with Crippen LogP contribution >= 0.6 is 23.4 Å². The van der Waals surface area contributed by atoms with Crippen LogP contribution in [0.4, 0.5) is 0 Å².